The lowest BCUT2D eigenvalue weighted by atomic mass is 10.2. The molecule has 1 aromatic carbocycles. The van der Waals surface area contributed by atoms with Gasteiger partial charge in [-0.2, -0.15) is 4.31 Å². The van der Waals surface area contributed by atoms with Gasteiger partial charge in [-0.3, -0.25) is 14.9 Å². The largest absolute Gasteiger partial charge is 0.340 e. The van der Waals surface area contributed by atoms with Gasteiger partial charge in [0, 0.05) is 44.7 Å². The number of carbonyl (C=O) groups is 1. The fourth-order valence-corrected chi connectivity index (χ4v) is 4.45. The monoisotopic (exact) mass is 369 g/mol. The fourth-order valence-electron chi connectivity index (χ4n) is 2.78. The van der Waals surface area contributed by atoms with Crippen molar-refractivity contribution in [3.05, 3.63) is 33.9 Å². The van der Waals surface area contributed by atoms with Crippen LogP contribution in [0.3, 0.4) is 0 Å². The second-order valence-electron chi connectivity index (χ2n) is 6.10. The van der Waals surface area contributed by atoms with Crippen LogP contribution in [-0.4, -0.2) is 54.6 Å². The van der Waals surface area contributed by atoms with Crippen LogP contribution in [0.1, 0.15) is 31.7 Å². The molecule has 0 aliphatic carbocycles. The number of carbonyl (C=O) groups excluding carboxylic acids is 1. The summed E-state index contributed by atoms with van der Waals surface area (Å²) >= 11 is 0. The number of piperazine rings is 1. The van der Waals surface area contributed by atoms with Gasteiger partial charge in [0.15, 0.2) is 0 Å². The first-order valence-corrected chi connectivity index (χ1v) is 9.74. The number of nitrogens with zero attached hydrogens (tertiary/aromatic N) is 3. The molecule has 0 radical (unpaired) electrons. The Hall–Kier alpha value is -2.00. The van der Waals surface area contributed by atoms with Gasteiger partial charge in [0.25, 0.3) is 5.69 Å². The van der Waals surface area contributed by atoms with Crippen molar-refractivity contribution in [1.82, 2.24) is 9.21 Å². The van der Waals surface area contributed by atoms with Crippen LogP contribution in [0.4, 0.5) is 5.69 Å². The van der Waals surface area contributed by atoms with E-state index in [9.17, 15) is 23.3 Å². The predicted octanol–water partition coefficient (Wildman–Crippen LogP) is 1.93. The van der Waals surface area contributed by atoms with Crippen molar-refractivity contribution in [3.63, 3.8) is 0 Å². The van der Waals surface area contributed by atoms with E-state index in [1.807, 2.05) is 6.92 Å². The number of unbranched alkanes of at least 4 members (excludes halogenated alkanes) is 1. The van der Waals surface area contributed by atoms with Gasteiger partial charge in [-0.05, 0) is 18.9 Å². The van der Waals surface area contributed by atoms with Crippen molar-refractivity contribution in [2.75, 3.05) is 26.2 Å². The third-order valence-electron chi connectivity index (χ3n) is 4.34. The zero-order chi connectivity index (χ0) is 18.6. The number of hydrogen-bond donors (Lipinski definition) is 0. The minimum Gasteiger partial charge on any atom is -0.340 e. The van der Waals surface area contributed by atoms with E-state index >= 15 is 0 Å². The maximum Gasteiger partial charge on any atom is 0.270 e. The average molecular weight is 369 g/mol. The number of hydrogen-bond acceptors (Lipinski definition) is 5. The molecule has 0 spiro atoms. The molecule has 0 unspecified atom stereocenters. The minimum atomic E-state index is -3.82. The molecule has 0 saturated carbocycles. The van der Waals surface area contributed by atoms with E-state index in [0.29, 0.717) is 25.1 Å². The summed E-state index contributed by atoms with van der Waals surface area (Å²) in [7, 11) is -3.82. The molecule has 25 heavy (non-hydrogen) atoms. The molecule has 8 nitrogen and oxygen atoms in total. The van der Waals surface area contributed by atoms with Crippen LogP contribution in [0, 0.1) is 17.0 Å². The van der Waals surface area contributed by atoms with Crippen molar-refractivity contribution in [2.45, 2.75) is 38.0 Å². The molecule has 1 aliphatic rings. The lowest BCUT2D eigenvalue weighted by Gasteiger charge is -2.34. The van der Waals surface area contributed by atoms with Crippen LogP contribution in [0.15, 0.2) is 23.1 Å². The summed E-state index contributed by atoms with van der Waals surface area (Å²) in [5, 5.41) is 10.9. The Morgan fingerprint density at radius 2 is 1.88 bits per heavy atom. The Kier molecular flexibility index (Phi) is 6.12. The molecule has 138 valence electrons. The van der Waals surface area contributed by atoms with Gasteiger partial charge in [0.1, 0.15) is 0 Å². The van der Waals surface area contributed by atoms with Gasteiger partial charge in [0.2, 0.25) is 15.9 Å². The standard InChI is InChI=1S/C16H23N3O5S/c1-3-4-5-16(20)17-8-10-18(11-9-17)25(23,24)15-12-14(19(21)22)7-6-13(15)2/h6-7,12H,3-5,8-11H2,1-2H3. The molecule has 0 bridgehead atoms. The van der Waals surface area contributed by atoms with Gasteiger partial charge >= 0.3 is 0 Å². The number of nitro groups is 1. The van der Waals surface area contributed by atoms with Gasteiger partial charge in [-0.25, -0.2) is 8.42 Å². The maximum absolute atomic E-state index is 12.8. The Labute approximate surface area is 147 Å². The van der Waals surface area contributed by atoms with Gasteiger partial charge in [-0.15, -0.1) is 0 Å². The molecule has 1 aromatic rings. The van der Waals surface area contributed by atoms with Crippen LogP contribution in [0.2, 0.25) is 0 Å². The number of non-ortho nitro benzene ring substituents is 1. The van der Waals surface area contributed by atoms with E-state index in [-0.39, 0.29) is 29.6 Å². The second-order valence-corrected chi connectivity index (χ2v) is 8.00. The molecule has 0 atom stereocenters. The number of rotatable bonds is 6. The molecule has 2 rings (SSSR count). The highest BCUT2D eigenvalue weighted by Gasteiger charge is 2.31. The summed E-state index contributed by atoms with van der Waals surface area (Å²) in [4.78, 5) is 24.0. The highest BCUT2D eigenvalue weighted by atomic mass is 32.2. The van der Waals surface area contributed by atoms with E-state index in [0.717, 1.165) is 18.9 Å². The van der Waals surface area contributed by atoms with Gasteiger partial charge in [0.05, 0.1) is 9.82 Å². The third kappa shape index (κ3) is 4.35. The molecule has 0 aromatic heterocycles. The van der Waals surface area contributed by atoms with Crippen molar-refractivity contribution < 1.29 is 18.1 Å². The zero-order valence-electron chi connectivity index (χ0n) is 14.5. The average Bonchev–Trinajstić information content (AvgIpc) is 2.59. The van der Waals surface area contributed by atoms with E-state index in [1.165, 1.54) is 16.4 Å². The van der Waals surface area contributed by atoms with E-state index in [4.69, 9.17) is 0 Å². The summed E-state index contributed by atoms with van der Waals surface area (Å²) in [6.45, 7) is 4.70. The number of aryl methyl sites for hydroxylation is 1. The first kappa shape index (κ1) is 19.3. The Balaban J connectivity index is 2.13. The smallest absolute Gasteiger partial charge is 0.270 e. The number of amides is 1. The van der Waals surface area contributed by atoms with E-state index < -0.39 is 14.9 Å². The molecule has 1 aliphatic heterocycles. The third-order valence-corrected chi connectivity index (χ3v) is 6.38. The lowest BCUT2D eigenvalue weighted by molar-refractivity contribution is -0.385. The van der Waals surface area contributed by atoms with Crippen LogP contribution < -0.4 is 0 Å². The SMILES string of the molecule is CCCCC(=O)N1CCN(S(=O)(=O)c2cc([N+](=O)[O-])ccc2C)CC1. The molecule has 1 saturated heterocycles. The van der Waals surface area contributed by atoms with Crippen molar-refractivity contribution >= 4 is 21.6 Å². The van der Waals surface area contributed by atoms with Crippen molar-refractivity contribution in [1.29, 1.82) is 0 Å². The first-order valence-electron chi connectivity index (χ1n) is 8.30. The zero-order valence-corrected chi connectivity index (χ0v) is 15.3. The highest BCUT2D eigenvalue weighted by molar-refractivity contribution is 7.89. The molecule has 0 N–H and O–H groups in total. The summed E-state index contributed by atoms with van der Waals surface area (Å²) in [6, 6.07) is 3.83. The fraction of sp³-hybridized carbons (Fsp3) is 0.562. The quantitative estimate of drug-likeness (QED) is 0.563. The summed E-state index contributed by atoms with van der Waals surface area (Å²) in [6.07, 6.45) is 2.24. The highest BCUT2D eigenvalue weighted by Crippen LogP contribution is 2.25. The Morgan fingerprint density at radius 1 is 1.24 bits per heavy atom. The number of benzene rings is 1. The molecular weight excluding hydrogens is 346 g/mol. The van der Waals surface area contributed by atoms with E-state index in [1.54, 1.807) is 11.8 Å². The summed E-state index contributed by atoms with van der Waals surface area (Å²) < 4.78 is 27.0. The number of nitro benzene ring substituents is 1. The molecule has 1 fully saturated rings. The van der Waals surface area contributed by atoms with Crippen molar-refractivity contribution in [2.24, 2.45) is 0 Å². The second kappa shape index (κ2) is 7.92. The van der Waals surface area contributed by atoms with Crippen LogP contribution >= 0.6 is 0 Å². The Morgan fingerprint density at radius 3 is 2.44 bits per heavy atom. The Bertz CT molecular complexity index is 755. The predicted molar refractivity (Wildman–Crippen MR) is 92.7 cm³/mol. The topological polar surface area (TPSA) is 101 Å². The van der Waals surface area contributed by atoms with Crippen LogP contribution in [0.25, 0.3) is 0 Å². The molecule has 1 heterocycles. The lowest BCUT2D eigenvalue weighted by Crippen LogP contribution is -2.50. The minimum absolute atomic E-state index is 0.0467. The summed E-state index contributed by atoms with van der Waals surface area (Å²) in [5.41, 5.74) is 0.213. The molecule has 9 heteroatoms. The van der Waals surface area contributed by atoms with E-state index in [2.05, 4.69) is 0 Å². The summed E-state index contributed by atoms with van der Waals surface area (Å²) in [5.74, 6) is 0.0467. The maximum atomic E-state index is 12.8. The van der Waals surface area contributed by atoms with Crippen molar-refractivity contribution in [3.8, 4) is 0 Å². The number of sulfonamides is 1. The molecule has 1 amide bonds. The van der Waals surface area contributed by atoms with Crippen LogP contribution in [0.5, 0.6) is 0 Å². The normalized spacial score (nSPS) is 16.0. The van der Waals surface area contributed by atoms with Gasteiger partial charge < -0.3 is 4.90 Å². The first-order chi connectivity index (χ1) is 11.8. The van der Waals surface area contributed by atoms with Crippen LogP contribution in [-0.2, 0) is 14.8 Å². The van der Waals surface area contributed by atoms with Gasteiger partial charge in [-0.1, -0.05) is 19.4 Å². The molecular formula is C16H23N3O5S.